The number of benzene rings is 2. The van der Waals surface area contributed by atoms with Crippen molar-refractivity contribution in [3.05, 3.63) is 76.2 Å². The molecule has 1 N–H and O–H groups in total. The average Bonchev–Trinajstić information content (AvgIpc) is 3.37. The average molecular weight is 439 g/mol. The summed E-state index contributed by atoms with van der Waals surface area (Å²) in [6.07, 6.45) is 0.621. The molecule has 2 heterocycles. The maximum absolute atomic E-state index is 12.8. The second-order valence-electron chi connectivity index (χ2n) is 6.99. The molecular weight excluding hydrogens is 420 g/mol. The fraction of sp³-hybridized carbons (Fsp3) is 0.174. The molecule has 0 fully saturated rings. The lowest BCUT2D eigenvalue weighted by Crippen LogP contribution is -2.12. The standard InChI is InChI=1S/C23H19ClN2O5/c1-13-18-11-16(25-20(27)10-8-17-12-21(29-2)26-31-17)7-9-19(18)30-23(13)22(28)14-3-5-15(24)6-4-14/h3-7,9,11-12H,8,10H2,1-2H3,(H,25,27). The molecule has 0 atom stereocenters. The number of nitrogens with one attached hydrogen (secondary N) is 1. The Morgan fingerprint density at radius 3 is 2.61 bits per heavy atom. The van der Waals surface area contributed by atoms with Gasteiger partial charge in [0.05, 0.1) is 7.11 Å². The van der Waals surface area contributed by atoms with E-state index >= 15 is 0 Å². The van der Waals surface area contributed by atoms with E-state index in [1.165, 1.54) is 7.11 Å². The second-order valence-corrected chi connectivity index (χ2v) is 7.42. The van der Waals surface area contributed by atoms with Crippen molar-refractivity contribution in [2.45, 2.75) is 19.8 Å². The van der Waals surface area contributed by atoms with Gasteiger partial charge in [0.25, 0.3) is 5.88 Å². The van der Waals surface area contributed by atoms with E-state index in [1.807, 2.05) is 6.92 Å². The van der Waals surface area contributed by atoms with Crippen molar-refractivity contribution in [2.24, 2.45) is 0 Å². The largest absolute Gasteiger partial charge is 0.479 e. The summed E-state index contributed by atoms with van der Waals surface area (Å²) in [5.74, 6) is 0.811. The van der Waals surface area contributed by atoms with E-state index in [4.69, 9.17) is 25.3 Å². The van der Waals surface area contributed by atoms with E-state index in [-0.39, 0.29) is 23.9 Å². The number of amides is 1. The van der Waals surface area contributed by atoms with Crippen molar-refractivity contribution in [1.82, 2.24) is 5.16 Å². The number of fused-ring (bicyclic) bond motifs is 1. The molecule has 0 unspecified atom stereocenters. The molecule has 0 aliphatic rings. The minimum Gasteiger partial charge on any atom is -0.479 e. The van der Waals surface area contributed by atoms with Gasteiger partial charge in [0, 0.05) is 46.1 Å². The van der Waals surface area contributed by atoms with Crippen molar-refractivity contribution in [3.63, 3.8) is 0 Å². The van der Waals surface area contributed by atoms with Crippen LogP contribution in [0.1, 0.15) is 33.9 Å². The van der Waals surface area contributed by atoms with Gasteiger partial charge in [0.15, 0.2) is 5.76 Å². The van der Waals surface area contributed by atoms with Gasteiger partial charge in [-0.1, -0.05) is 11.6 Å². The van der Waals surface area contributed by atoms with Crippen LogP contribution in [0, 0.1) is 6.92 Å². The third-order valence-electron chi connectivity index (χ3n) is 4.88. The fourth-order valence-electron chi connectivity index (χ4n) is 3.22. The van der Waals surface area contributed by atoms with Crippen LogP contribution < -0.4 is 10.1 Å². The van der Waals surface area contributed by atoms with Crippen molar-refractivity contribution >= 4 is 39.9 Å². The van der Waals surface area contributed by atoms with Gasteiger partial charge in [-0.25, -0.2) is 0 Å². The number of carbonyl (C=O) groups excluding carboxylic acids is 2. The highest BCUT2D eigenvalue weighted by molar-refractivity contribution is 6.30. The van der Waals surface area contributed by atoms with Gasteiger partial charge in [-0.3, -0.25) is 9.59 Å². The zero-order chi connectivity index (χ0) is 22.0. The molecule has 1 amide bonds. The molecule has 0 radical (unpaired) electrons. The lowest BCUT2D eigenvalue weighted by atomic mass is 10.0. The Bertz CT molecular complexity index is 1260. The first-order chi connectivity index (χ1) is 14.9. The monoisotopic (exact) mass is 438 g/mol. The molecule has 158 valence electrons. The zero-order valence-electron chi connectivity index (χ0n) is 16.9. The maximum Gasteiger partial charge on any atom is 0.254 e. The van der Waals surface area contributed by atoms with E-state index in [1.54, 1.807) is 48.5 Å². The molecule has 2 aromatic carbocycles. The first-order valence-corrected chi connectivity index (χ1v) is 9.95. The molecule has 4 aromatic rings. The van der Waals surface area contributed by atoms with Crippen LogP contribution >= 0.6 is 11.6 Å². The molecule has 7 nitrogen and oxygen atoms in total. The van der Waals surface area contributed by atoms with Crippen LogP contribution in [0.15, 0.2) is 57.5 Å². The fourth-order valence-corrected chi connectivity index (χ4v) is 3.34. The van der Waals surface area contributed by atoms with Gasteiger partial charge in [-0.05, 0) is 54.5 Å². The molecule has 0 saturated heterocycles. The highest BCUT2D eigenvalue weighted by Crippen LogP contribution is 2.30. The maximum atomic E-state index is 12.8. The van der Waals surface area contributed by atoms with Gasteiger partial charge in [0.1, 0.15) is 11.3 Å². The smallest absolute Gasteiger partial charge is 0.254 e. The number of methoxy groups -OCH3 is 1. The molecule has 0 saturated carbocycles. The van der Waals surface area contributed by atoms with E-state index in [2.05, 4.69) is 10.5 Å². The van der Waals surface area contributed by atoms with E-state index in [0.29, 0.717) is 45.5 Å². The van der Waals surface area contributed by atoms with Gasteiger partial charge in [-0.2, -0.15) is 0 Å². The topological polar surface area (TPSA) is 94.6 Å². The molecule has 31 heavy (non-hydrogen) atoms. The normalized spacial score (nSPS) is 10.9. The third kappa shape index (κ3) is 4.46. The van der Waals surface area contributed by atoms with Gasteiger partial charge < -0.3 is 19.0 Å². The van der Waals surface area contributed by atoms with Crippen LogP contribution in [-0.4, -0.2) is 24.0 Å². The summed E-state index contributed by atoms with van der Waals surface area (Å²) in [7, 11) is 1.50. The van der Waals surface area contributed by atoms with Crippen molar-refractivity contribution in [3.8, 4) is 5.88 Å². The van der Waals surface area contributed by atoms with Gasteiger partial charge >= 0.3 is 0 Å². The summed E-state index contributed by atoms with van der Waals surface area (Å²) >= 11 is 5.90. The van der Waals surface area contributed by atoms with Crippen LogP contribution in [0.5, 0.6) is 5.88 Å². The summed E-state index contributed by atoms with van der Waals surface area (Å²) < 4.78 is 15.8. The number of rotatable bonds is 7. The van der Waals surface area contributed by atoms with Crippen LogP contribution in [0.25, 0.3) is 11.0 Å². The molecule has 0 aliphatic carbocycles. The lowest BCUT2D eigenvalue weighted by Gasteiger charge is -2.04. The summed E-state index contributed by atoms with van der Waals surface area (Å²) in [6.45, 7) is 1.82. The number of halogens is 1. The SMILES string of the molecule is COc1cc(CCC(=O)Nc2ccc3oc(C(=O)c4ccc(Cl)cc4)c(C)c3c2)on1. The first-order valence-electron chi connectivity index (χ1n) is 9.57. The number of aryl methyl sites for hydroxylation is 2. The Balaban J connectivity index is 1.48. The van der Waals surface area contributed by atoms with Crippen LogP contribution in [0.3, 0.4) is 0 Å². The quantitative estimate of drug-likeness (QED) is 0.399. The highest BCUT2D eigenvalue weighted by atomic mass is 35.5. The summed E-state index contributed by atoms with van der Waals surface area (Å²) in [4.78, 5) is 25.1. The summed E-state index contributed by atoms with van der Waals surface area (Å²) in [5, 5.41) is 7.88. The van der Waals surface area contributed by atoms with Crippen LogP contribution in [-0.2, 0) is 11.2 Å². The molecule has 0 bridgehead atoms. The Hall–Kier alpha value is -3.58. The second kappa shape index (κ2) is 8.65. The number of furan rings is 1. The third-order valence-corrected chi connectivity index (χ3v) is 5.13. The molecule has 2 aromatic heterocycles. The first kappa shape index (κ1) is 20.7. The molecular formula is C23H19ClN2O5. The van der Waals surface area contributed by atoms with Gasteiger partial charge in [-0.15, -0.1) is 0 Å². The molecule has 8 heteroatoms. The number of hydrogen-bond donors (Lipinski definition) is 1. The number of ether oxygens (including phenoxy) is 1. The summed E-state index contributed by atoms with van der Waals surface area (Å²) in [6, 6.07) is 13.6. The van der Waals surface area contributed by atoms with Crippen LogP contribution in [0.2, 0.25) is 5.02 Å². The number of nitrogens with zero attached hydrogens (tertiary/aromatic N) is 1. The Labute approximate surface area is 182 Å². The molecule has 4 rings (SSSR count). The Morgan fingerprint density at radius 1 is 1.13 bits per heavy atom. The Morgan fingerprint density at radius 2 is 1.90 bits per heavy atom. The predicted octanol–water partition coefficient (Wildman–Crippen LogP) is 5.19. The number of carbonyl (C=O) groups is 2. The number of ketones is 1. The van der Waals surface area contributed by atoms with Crippen molar-refractivity contribution < 1.29 is 23.3 Å². The predicted molar refractivity (Wildman–Crippen MR) is 116 cm³/mol. The Kier molecular flexibility index (Phi) is 5.77. The number of hydrogen-bond acceptors (Lipinski definition) is 6. The van der Waals surface area contributed by atoms with Gasteiger partial charge in [0.2, 0.25) is 11.7 Å². The summed E-state index contributed by atoms with van der Waals surface area (Å²) in [5.41, 5.74) is 2.38. The number of anilines is 1. The van der Waals surface area contributed by atoms with E-state index < -0.39 is 0 Å². The van der Waals surface area contributed by atoms with E-state index in [0.717, 1.165) is 5.39 Å². The highest BCUT2D eigenvalue weighted by Gasteiger charge is 2.20. The zero-order valence-corrected chi connectivity index (χ0v) is 17.7. The number of aromatic nitrogens is 1. The van der Waals surface area contributed by atoms with Crippen molar-refractivity contribution in [1.29, 1.82) is 0 Å². The van der Waals surface area contributed by atoms with Crippen LogP contribution in [0.4, 0.5) is 5.69 Å². The van der Waals surface area contributed by atoms with Crippen molar-refractivity contribution in [2.75, 3.05) is 12.4 Å². The minimum atomic E-state index is -0.224. The molecule has 0 spiro atoms. The lowest BCUT2D eigenvalue weighted by molar-refractivity contribution is -0.116. The molecule has 0 aliphatic heterocycles. The minimum absolute atomic E-state index is 0.173. The van der Waals surface area contributed by atoms with E-state index in [9.17, 15) is 9.59 Å².